The van der Waals surface area contributed by atoms with E-state index in [-0.39, 0.29) is 12.6 Å². The topological polar surface area (TPSA) is 53.4 Å². The molecule has 0 bridgehead atoms. The van der Waals surface area contributed by atoms with E-state index >= 15 is 0 Å². The molecule has 31 heavy (non-hydrogen) atoms. The second kappa shape index (κ2) is 10.8. The van der Waals surface area contributed by atoms with Crippen LogP contribution >= 0.6 is 15.9 Å². The van der Waals surface area contributed by atoms with Crippen molar-refractivity contribution in [1.29, 1.82) is 0 Å². The molecule has 1 aromatic carbocycles. The Kier molecular flexibility index (Phi) is 8.34. The highest BCUT2D eigenvalue weighted by Crippen LogP contribution is 2.35. The number of halogens is 1. The van der Waals surface area contributed by atoms with Crippen molar-refractivity contribution >= 4 is 21.9 Å². The molecule has 170 valence electrons. The number of carbonyl (C=O) groups is 1. The van der Waals surface area contributed by atoms with Crippen molar-refractivity contribution in [3.8, 4) is 11.3 Å². The number of aromatic nitrogens is 2. The lowest BCUT2D eigenvalue weighted by Crippen LogP contribution is -2.28. The molecule has 1 heterocycles. The van der Waals surface area contributed by atoms with Gasteiger partial charge < -0.3 is 9.47 Å². The Morgan fingerprint density at radius 3 is 2.39 bits per heavy atom. The second-order valence-corrected chi connectivity index (χ2v) is 10.3. The van der Waals surface area contributed by atoms with Gasteiger partial charge in [0.1, 0.15) is 12.2 Å². The quantitative estimate of drug-likeness (QED) is 0.423. The first-order valence-electron chi connectivity index (χ1n) is 11.4. The zero-order chi connectivity index (χ0) is 22.4. The number of esters is 1. The zero-order valence-corrected chi connectivity index (χ0v) is 20.8. The summed E-state index contributed by atoms with van der Waals surface area (Å²) in [7, 11) is 0. The Morgan fingerprint density at radius 1 is 1.13 bits per heavy atom. The summed E-state index contributed by atoms with van der Waals surface area (Å²) >= 11 is 3.79. The summed E-state index contributed by atoms with van der Waals surface area (Å²) in [4.78, 5) is 11.8. The molecule has 3 rings (SSSR count). The molecule has 0 radical (unpaired) electrons. The molecular formula is C25H35BrN2O3. The average Bonchev–Trinajstić information content (AvgIpc) is 3.03. The first kappa shape index (κ1) is 24.0. The fourth-order valence-corrected chi connectivity index (χ4v) is 5.02. The van der Waals surface area contributed by atoms with Gasteiger partial charge in [0.2, 0.25) is 0 Å². The van der Waals surface area contributed by atoms with E-state index < -0.39 is 5.60 Å². The summed E-state index contributed by atoms with van der Waals surface area (Å²) in [6, 6.07) is 10.5. The maximum atomic E-state index is 11.8. The molecule has 0 atom stereocenters. The molecule has 0 spiro atoms. The Hall–Kier alpha value is -1.66. The summed E-state index contributed by atoms with van der Waals surface area (Å²) in [5.74, 6) is 0.842. The number of nitrogens with zero attached hydrogens (tertiary/aromatic N) is 2. The highest BCUT2D eigenvalue weighted by atomic mass is 79.9. The lowest BCUT2D eigenvalue weighted by atomic mass is 9.82. The predicted molar refractivity (Wildman–Crippen MR) is 127 cm³/mol. The van der Waals surface area contributed by atoms with E-state index in [0.717, 1.165) is 48.8 Å². The third kappa shape index (κ3) is 6.91. The molecule has 1 aliphatic rings. The number of benzene rings is 1. The van der Waals surface area contributed by atoms with Crippen molar-refractivity contribution in [2.24, 2.45) is 11.8 Å². The molecule has 0 amide bonds. The Labute approximate surface area is 194 Å². The average molecular weight is 491 g/mol. The molecule has 1 aliphatic carbocycles. The lowest BCUT2D eigenvalue weighted by molar-refractivity contribution is -0.160. The summed E-state index contributed by atoms with van der Waals surface area (Å²) in [6.45, 7) is 9.38. The van der Waals surface area contributed by atoms with Gasteiger partial charge in [0.05, 0.1) is 22.5 Å². The van der Waals surface area contributed by atoms with E-state index in [1.165, 1.54) is 11.3 Å². The van der Waals surface area contributed by atoms with E-state index in [1.807, 2.05) is 26.8 Å². The van der Waals surface area contributed by atoms with Gasteiger partial charge in [0.15, 0.2) is 0 Å². The van der Waals surface area contributed by atoms with Crippen LogP contribution in [0.15, 0.2) is 34.8 Å². The smallest absolute Gasteiger partial charge is 0.332 e. The number of hydrogen-bond donors (Lipinski definition) is 0. The van der Waals surface area contributed by atoms with Crippen LogP contribution in [0.5, 0.6) is 0 Å². The van der Waals surface area contributed by atoms with Gasteiger partial charge >= 0.3 is 5.97 Å². The fourth-order valence-electron chi connectivity index (χ4n) is 4.22. The number of ether oxygens (including phenoxy) is 2. The molecule has 1 fully saturated rings. The largest absolute Gasteiger partial charge is 0.458 e. The van der Waals surface area contributed by atoms with Crippen molar-refractivity contribution in [3.63, 3.8) is 0 Å². The van der Waals surface area contributed by atoms with Crippen molar-refractivity contribution < 1.29 is 14.3 Å². The van der Waals surface area contributed by atoms with Gasteiger partial charge in [-0.2, -0.15) is 5.10 Å². The molecule has 5 nitrogen and oxygen atoms in total. The van der Waals surface area contributed by atoms with Gasteiger partial charge in [0.25, 0.3) is 0 Å². The van der Waals surface area contributed by atoms with Crippen LogP contribution in [-0.2, 0) is 27.2 Å². The van der Waals surface area contributed by atoms with Gasteiger partial charge in [-0.25, -0.2) is 4.79 Å². The minimum Gasteiger partial charge on any atom is -0.458 e. The standard InChI is InChI=1S/C25H35BrN2O3/c1-5-21-23(26)24(20-9-7-6-8-10-20)28(27-21)15-18-11-13-19(14-12-18)16-30-17-22(29)31-25(2,3)4/h6-10,18-19H,5,11-17H2,1-4H3/t18-,19-. The first-order valence-corrected chi connectivity index (χ1v) is 12.2. The molecule has 0 aliphatic heterocycles. The highest BCUT2D eigenvalue weighted by molar-refractivity contribution is 9.10. The van der Waals surface area contributed by atoms with Gasteiger partial charge in [0, 0.05) is 12.1 Å². The molecule has 2 aromatic rings. The van der Waals surface area contributed by atoms with Crippen molar-refractivity contribution in [1.82, 2.24) is 9.78 Å². The van der Waals surface area contributed by atoms with Crippen molar-refractivity contribution in [3.05, 3.63) is 40.5 Å². The van der Waals surface area contributed by atoms with Gasteiger partial charge in [-0.3, -0.25) is 4.68 Å². The third-order valence-corrected chi connectivity index (χ3v) is 6.57. The molecule has 6 heteroatoms. The fraction of sp³-hybridized carbons (Fsp3) is 0.600. The Bertz CT molecular complexity index is 850. The monoisotopic (exact) mass is 490 g/mol. The summed E-state index contributed by atoms with van der Waals surface area (Å²) in [5.41, 5.74) is 3.03. The van der Waals surface area contributed by atoms with Crippen LogP contribution in [0.1, 0.15) is 59.1 Å². The van der Waals surface area contributed by atoms with Crippen molar-refractivity contribution in [2.75, 3.05) is 13.2 Å². The molecule has 1 aromatic heterocycles. The maximum absolute atomic E-state index is 11.8. The Balaban J connectivity index is 1.52. The van der Waals surface area contributed by atoms with Crippen molar-refractivity contribution in [2.45, 2.75) is 71.9 Å². The highest BCUT2D eigenvalue weighted by Gasteiger charge is 2.25. The van der Waals surface area contributed by atoms with Gasteiger partial charge in [-0.1, -0.05) is 37.3 Å². The maximum Gasteiger partial charge on any atom is 0.332 e. The predicted octanol–water partition coefficient (Wildman–Crippen LogP) is 6.04. The van der Waals surface area contributed by atoms with Crippen LogP contribution in [0, 0.1) is 11.8 Å². The van der Waals surface area contributed by atoms with Crippen LogP contribution in [0.25, 0.3) is 11.3 Å². The summed E-state index contributed by atoms with van der Waals surface area (Å²) in [6.07, 6.45) is 5.49. The normalized spacial score (nSPS) is 19.4. The molecule has 1 saturated carbocycles. The molecule has 0 N–H and O–H groups in total. The third-order valence-electron chi connectivity index (χ3n) is 5.73. The lowest BCUT2D eigenvalue weighted by Gasteiger charge is -2.28. The van der Waals surface area contributed by atoms with Crippen LogP contribution in [0.4, 0.5) is 0 Å². The molecular weight excluding hydrogens is 456 g/mol. The van der Waals surface area contributed by atoms with Crippen LogP contribution in [0.2, 0.25) is 0 Å². The number of rotatable bonds is 8. The van der Waals surface area contributed by atoms with E-state index in [0.29, 0.717) is 18.4 Å². The van der Waals surface area contributed by atoms with E-state index in [1.54, 1.807) is 0 Å². The van der Waals surface area contributed by atoms with Crippen LogP contribution in [-0.4, -0.2) is 34.6 Å². The Morgan fingerprint density at radius 2 is 1.77 bits per heavy atom. The van der Waals surface area contributed by atoms with Crippen LogP contribution < -0.4 is 0 Å². The number of hydrogen-bond acceptors (Lipinski definition) is 4. The van der Waals surface area contributed by atoms with Gasteiger partial charge in [-0.05, 0) is 80.6 Å². The molecule has 0 saturated heterocycles. The number of carbonyl (C=O) groups excluding carboxylic acids is 1. The van der Waals surface area contributed by atoms with Crippen LogP contribution in [0.3, 0.4) is 0 Å². The zero-order valence-electron chi connectivity index (χ0n) is 19.2. The minimum absolute atomic E-state index is 0.0404. The van der Waals surface area contributed by atoms with E-state index in [4.69, 9.17) is 14.6 Å². The van der Waals surface area contributed by atoms with E-state index in [2.05, 4.69) is 51.8 Å². The second-order valence-electron chi connectivity index (χ2n) is 9.50. The van der Waals surface area contributed by atoms with E-state index in [9.17, 15) is 4.79 Å². The molecule has 0 unspecified atom stereocenters. The van der Waals surface area contributed by atoms with Gasteiger partial charge in [-0.15, -0.1) is 0 Å². The summed E-state index contributed by atoms with van der Waals surface area (Å²) in [5, 5.41) is 4.91. The SMILES string of the molecule is CCc1nn(C[C@H]2CC[C@H](COCC(=O)OC(C)(C)C)CC2)c(-c2ccccc2)c1Br. The summed E-state index contributed by atoms with van der Waals surface area (Å²) < 4.78 is 14.3. The first-order chi connectivity index (χ1) is 14.8. The number of aryl methyl sites for hydroxylation is 1. The minimum atomic E-state index is -0.462.